The standard InChI is InChI=1S/C15H22BrFN2/c1-3-7-18-10-11-6-8-19(2)15(11)13-5-4-12(17)9-14(13)16/h4-5,9,11,15,18H,3,6-8,10H2,1-2H3. The molecule has 19 heavy (non-hydrogen) atoms. The smallest absolute Gasteiger partial charge is 0.124 e. The number of benzene rings is 1. The van der Waals surface area contributed by atoms with Crippen LogP contribution in [0.4, 0.5) is 4.39 Å². The molecule has 2 unspecified atom stereocenters. The summed E-state index contributed by atoms with van der Waals surface area (Å²) in [6.45, 7) is 5.39. The molecule has 1 fully saturated rings. The van der Waals surface area contributed by atoms with Crippen molar-refractivity contribution in [3.63, 3.8) is 0 Å². The van der Waals surface area contributed by atoms with Gasteiger partial charge in [0.05, 0.1) is 0 Å². The highest BCUT2D eigenvalue weighted by Gasteiger charge is 2.33. The molecular weight excluding hydrogens is 307 g/mol. The molecule has 106 valence electrons. The van der Waals surface area contributed by atoms with Crippen LogP contribution in [-0.4, -0.2) is 31.6 Å². The summed E-state index contributed by atoms with van der Waals surface area (Å²) in [6.07, 6.45) is 2.36. The van der Waals surface area contributed by atoms with Gasteiger partial charge in [0.2, 0.25) is 0 Å². The van der Waals surface area contributed by atoms with Crippen molar-refractivity contribution in [2.75, 3.05) is 26.7 Å². The van der Waals surface area contributed by atoms with Crippen LogP contribution in [0.1, 0.15) is 31.4 Å². The molecule has 1 N–H and O–H groups in total. The Morgan fingerprint density at radius 3 is 2.95 bits per heavy atom. The largest absolute Gasteiger partial charge is 0.316 e. The first-order chi connectivity index (χ1) is 9.13. The SMILES string of the molecule is CCCNCC1CCN(C)C1c1ccc(F)cc1Br. The Kier molecular flexibility index (Phi) is 5.37. The summed E-state index contributed by atoms with van der Waals surface area (Å²) < 4.78 is 14.1. The first kappa shape index (κ1) is 14.9. The molecule has 0 saturated carbocycles. The quantitative estimate of drug-likeness (QED) is 0.831. The number of hydrogen-bond acceptors (Lipinski definition) is 2. The number of likely N-dealkylation sites (tertiary alicyclic amines) is 1. The van der Waals surface area contributed by atoms with Crippen LogP contribution in [0.5, 0.6) is 0 Å². The highest BCUT2D eigenvalue weighted by atomic mass is 79.9. The fourth-order valence-electron chi connectivity index (χ4n) is 2.94. The van der Waals surface area contributed by atoms with E-state index in [4.69, 9.17) is 0 Å². The van der Waals surface area contributed by atoms with Crippen molar-refractivity contribution in [2.24, 2.45) is 5.92 Å². The maximum atomic E-state index is 13.2. The van der Waals surface area contributed by atoms with Gasteiger partial charge in [-0.1, -0.05) is 28.9 Å². The topological polar surface area (TPSA) is 15.3 Å². The first-order valence-corrected chi connectivity index (χ1v) is 7.78. The normalized spacial score (nSPS) is 24.0. The Hall–Kier alpha value is -0.450. The molecule has 1 saturated heterocycles. The predicted octanol–water partition coefficient (Wildman–Crippen LogP) is 3.58. The van der Waals surface area contributed by atoms with Crippen molar-refractivity contribution < 1.29 is 4.39 Å². The van der Waals surface area contributed by atoms with E-state index in [1.165, 1.54) is 12.0 Å². The molecule has 1 heterocycles. The van der Waals surface area contributed by atoms with Crippen LogP contribution in [0, 0.1) is 11.7 Å². The van der Waals surface area contributed by atoms with Crippen LogP contribution in [-0.2, 0) is 0 Å². The average molecular weight is 329 g/mol. The van der Waals surface area contributed by atoms with Gasteiger partial charge in [0, 0.05) is 10.5 Å². The molecule has 0 amide bonds. The molecule has 0 aromatic heterocycles. The van der Waals surface area contributed by atoms with E-state index in [-0.39, 0.29) is 5.82 Å². The predicted molar refractivity (Wildman–Crippen MR) is 80.7 cm³/mol. The summed E-state index contributed by atoms with van der Waals surface area (Å²) in [5.74, 6) is 0.412. The minimum Gasteiger partial charge on any atom is -0.316 e. The molecule has 0 bridgehead atoms. The Morgan fingerprint density at radius 1 is 1.47 bits per heavy atom. The Bertz CT molecular complexity index is 425. The third-order valence-corrected chi connectivity index (χ3v) is 4.58. The Labute approximate surface area is 123 Å². The van der Waals surface area contributed by atoms with Gasteiger partial charge in [-0.15, -0.1) is 0 Å². The van der Waals surface area contributed by atoms with Crippen LogP contribution in [0.15, 0.2) is 22.7 Å². The lowest BCUT2D eigenvalue weighted by Crippen LogP contribution is -2.29. The van der Waals surface area contributed by atoms with Crippen LogP contribution >= 0.6 is 15.9 Å². The van der Waals surface area contributed by atoms with E-state index in [1.807, 2.05) is 6.07 Å². The van der Waals surface area contributed by atoms with Crippen LogP contribution in [0.25, 0.3) is 0 Å². The van der Waals surface area contributed by atoms with Crippen LogP contribution in [0.3, 0.4) is 0 Å². The van der Waals surface area contributed by atoms with Gasteiger partial charge in [-0.05, 0) is 63.1 Å². The van der Waals surface area contributed by atoms with Crippen LogP contribution in [0.2, 0.25) is 0 Å². The summed E-state index contributed by atoms with van der Waals surface area (Å²) in [6, 6.07) is 5.42. The molecule has 1 aromatic rings. The monoisotopic (exact) mass is 328 g/mol. The Morgan fingerprint density at radius 2 is 2.26 bits per heavy atom. The van der Waals surface area contributed by atoms with E-state index < -0.39 is 0 Å². The summed E-state index contributed by atoms with van der Waals surface area (Å²) in [4.78, 5) is 2.37. The molecule has 0 spiro atoms. The number of rotatable bonds is 5. The number of halogens is 2. The van der Waals surface area contributed by atoms with Crippen molar-refractivity contribution in [1.82, 2.24) is 10.2 Å². The summed E-state index contributed by atoms with van der Waals surface area (Å²) >= 11 is 3.51. The second-order valence-corrected chi connectivity index (χ2v) is 6.20. The van der Waals surface area contributed by atoms with Gasteiger partial charge in [0.1, 0.15) is 5.82 Å². The van der Waals surface area contributed by atoms with Gasteiger partial charge in [-0.3, -0.25) is 4.90 Å². The molecule has 1 aromatic carbocycles. The first-order valence-electron chi connectivity index (χ1n) is 6.99. The van der Waals surface area contributed by atoms with Crippen molar-refractivity contribution in [2.45, 2.75) is 25.8 Å². The zero-order valence-electron chi connectivity index (χ0n) is 11.6. The maximum Gasteiger partial charge on any atom is 0.124 e. The van der Waals surface area contributed by atoms with E-state index >= 15 is 0 Å². The minimum atomic E-state index is -0.183. The minimum absolute atomic E-state index is 0.183. The highest BCUT2D eigenvalue weighted by molar-refractivity contribution is 9.10. The molecule has 2 rings (SSSR count). The summed E-state index contributed by atoms with van der Waals surface area (Å²) in [5, 5.41) is 3.51. The second kappa shape index (κ2) is 6.82. The van der Waals surface area contributed by atoms with Gasteiger partial charge in [-0.25, -0.2) is 4.39 Å². The van der Waals surface area contributed by atoms with E-state index in [2.05, 4.69) is 40.1 Å². The van der Waals surface area contributed by atoms with Gasteiger partial charge in [0.25, 0.3) is 0 Å². The average Bonchev–Trinajstić information content (AvgIpc) is 2.72. The molecule has 1 aliphatic rings. The molecule has 0 radical (unpaired) electrons. The number of nitrogens with zero attached hydrogens (tertiary/aromatic N) is 1. The molecule has 1 aliphatic heterocycles. The van der Waals surface area contributed by atoms with Crippen molar-refractivity contribution in [1.29, 1.82) is 0 Å². The van der Waals surface area contributed by atoms with Crippen LogP contribution < -0.4 is 5.32 Å². The fraction of sp³-hybridized carbons (Fsp3) is 0.600. The van der Waals surface area contributed by atoms with Crippen molar-refractivity contribution in [3.05, 3.63) is 34.1 Å². The number of hydrogen-bond donors (Lipinski definition) is 1. The molecular formula is C15H22BrFN2. The van der Waals surface area contributed by atoms with Gasteiger partial charge < -0.3 is 5.32 Å². The molecule has 2 nitrogen and oxygen atoms in total. The third-order valence-electron chi connectivity index (χ3n) is 3.89. The van der Waals surface area contributed by atoms with E-state index in [0.717, 1.165) is 30.5 Å². The highest BCUT2D eigenvalue weighted by Crippen LogP contribution is 2.39. The summed E-state index contributed by atoms with van der Waals surface area (Å²) in [5.41, 5.74) is 1.20. The summed E-state index contributed by atoms with van der Waals surface area (Å²) in [7, 11) is 2.15. The third kappa shape index (κ3) is 3.56. The van der Waals surface area contributed by atoms with E-state index in [1.54, 1.807) is 12.1 Å². The Balaban J connectivity index is 2.14. The van der Waals surface area contributed by atoms with Gasteiger partial charge >= 0.3 is 0 Å². The number of nitrogens with one attached hydrogen (secondary N) is 1. The zero-order chi connectivity index (χ0) is 13.8. The lowest BCUT2D eigenvalue weighted by atomic mass is 9.93. The van der Waals surface area contributed by atoms with E-state index in [9.17, 15) is 4.39 Å². The second-order valence-electron chi connectivity index (χ2n) is 5.34. The van der Waals surface area contributed by atoms with Gasteiger partial charge in [-0.2, -0.15) is 0 Å². The lowest BCUT2D eigenvalue weighted by molar-refractivity contribution is 0.271. The molecule has 4 heteroatoms. The fourth-order valence-corrected chi connectivity index (χ4v) is 3.52. The van der Waals surface area contributed by atoms with E-state index in [0.29, 0.717) is 12.0 Å². The lowest BCUT2D eigenvalue weighted by Gasteiger charge is -2.27. The maximum absolute atomic E-state index is 13.2. The van der Waals surface area contributed by atoms with Gasteiger partial charge in [0.15, 0.2) is 0 Å². The van der Waals surface area contributed by atoms with Crippen molar-refractivity contribution in [3.8, 4) is 0 Å². The zero-order valence-corrected chi connectivity index (χ0v) is 13.2. The molecule has 2 atom stereocenters. The molecule has 0 aliphatic carbocycles. The van der Waals surface area contributed by atoms with Crippen molar-refractivity contribution >= 4 is 15.9 Å².